The van der Waals surface area contributed by atoms with Crippen LogP contribution in [0.25, 0.3) is 10.9 Å². The van der Waals surface area contributed by atoms with E-state index in [-0.39, 0.29) is 17.2 Å². The van der Waals surface area contributed by atoms with E-state index in [2.05, 4.69) is 66.1 Å². The Hall–Kier alpha value is -2.58. The van der Waals surface area contributed by atoms with Crippen molar-refractivity contribution in [1.29, 1.82) is 0 Å². The minimum atomic E-state index is -0.218. The van der Waals surface area contributed by atoms with Gasteiger partial charge in [0.2, 0.25) is 0 Å². The van der Waals surface area contributed by atoms with E-state index in [0.29, 0.717) is 13.1 Å². The zero-order chi connectivity index (χ0) is 22.2. The SMILES string of the molecule is Cc1cc2cc(CN(Cc3nnnn3C(C)(C)C)C[C@H]3CCCO3)c(=O)[nH]c2cc1C. The fourth-order valence-corrected chi connectivity index (χ4v) is 4.17. The van der Waals surface area contributed by atoms with Crippen molar-refractivity contribution in [2.24, 2.45) is 0 Å². The van der Waals surface area contributed by atoms with Crippen molar-refractivity contribution in [2.75, 3.05) is 13.2 Å². The first-order valence-corrected chi connectivity index (χ1v) is 11.0. The third-order valence-corrected chi connectivity index (χ3v) is 5.95. The second-order valence-electron chi connectivity index (χ2n) is 9.63. The van der Waals surface area contributed by atoms with Crippen LogP contribution >= 0.6 is 0 Å². The van der Waals surface area contributed by atoms with Gasteiger partial charge in [0, 0.05) is 30.8 Å². The molecule has 31 heavy (non-hydrogen) atoms. The zero-order valence-electron chi connectivity index (χ0n) is 19.1. The Morgan fingerprint density at radius 2 is 1.97 bits per heavy atom. The van der Waals surface area contributed by atoms with Gasteiger partial charge in [-0.2, -0.15) is 0 Å². The van der Waals surface area contributed by atoms with Crippen LogP contribution in [-0.2, 0) is 23.4 Å². The third-order valence-electron chi connectivity index (χ3n) is 5.95. The molecule has 8 heteroatoms. The molecule has 1 N–H and O–H groups in total. The molecule has 0 amide bonds. The molecule has 166 valence electrons. The van der Waals surface area contributed by atoms with Crippen LogP contribution in [0.5, 0.6) is 0 Å². The molecule has 1 atom stereocenters. The smallest absolute Gasteiger partial charge is 0.252 e. The number of pyridine rings is 1. The van der Waals surface area contributed by atoms with Crippen LogP contribution in [0.2, 0.25) is 0 Å². The van der Waals surface area contributed by atoms with Crippen molar-refractivity contribution in [3.05, 3.63) is 51.1 Å². The number of fused-ring (bicyclic) bond motifs is 1. The summed E-state index contributed by atoms with van der Waals surface area (Å²) < 4.78 is 7.73. The van der Waals surface area contributed by atoms with Crippen LogP contribution in [0, 0.1) is 13.8 Å². The average Bonchev–Trinajstić information content (AvgIpc) is 3.35. The molecule has 3 heterocycles. The van der Waals surface area contributed by atoms with Crippen molar-refractivity contribution in [3.63, 3.8) is 0 Å². The zero-order valence-corrected chi connectivity index (χ0v) is 19.1. The second kappa shape index (κ2) is 8.51. The average molecular weight is 425 g/mol. The number of aromatic amines is 1. The highest BCUT2D eigenvalue weighted by molar-refractivity contribution is 5.80. The summed E-state index contributed by atoms with van der Waals surface area (Å²) in [5, 5.41) is 13.4. The standard InChI is InChI=1S/C23H32N6O2/c1-15-9-17-11-18(22(30)24-20(17)10-16(15)2)12-28(13-19-7-6-8-31-19)14-21-25-26-27-29(21)23(3,4)5/h9-11,19H,6-8,12-14H2,1-5H3,(H,24,30)/t19-/m1/s1. The van der Waals surface area contributed by atoms with Crippen LogP contribution in [0.15, 0.2) is 23.0 Å². The van der Waals surface area contributed by atoms with Crippen molar-refractivity contribution < 1.29 is 4.74 Å². The maximum atomic E-state index is 12.9. The van der Waals surface area contributed by atoms with Crippen LogP contribution in [0.3, 0.4) is 0 Å². The van der Waals surface area contributed by atoms with Gasteiger partial charge < -0.3 is 9.72 Å². The van der Waals surface area contributed by atoms with Gasteiger partial charge in [-0.25, -0.2) is 4.68 Å². The molecule has 1 fully saturated rings. The molecule has 0 spiro atoms. The van der Waals surface area contributed by atoms with Gasteiger partial charge in [-0.1, -0.05) is 0 Å². The number of tetrazole rings is 1. The molecule has 0 radical (unpaired) electrons. The minimum Gasteiger partial charge on any atom is -0.377 e. The molecule has 4 rings (SSSR count). The lowest BCUT2D eigenvalue weighted by Crippen LogP contribution is -2.35. The first-order valence-electron chi connectivity index (χ1n) is 11.0. The van der Waals surface area contributed by atoms with Gasteiger partial charge in [-0.05, 0) is 92.6 Å². The Kier molecular flexibility index (Phi) is 5.94. The van der Waals surface area contributed by atoms with Crippen LogP contribution in [0.1, 0.15) is 56.1 Å². The number of nitrogens with one attached hydrogen (secondary N) is 1. The molecule has 2 aromatic heterocycles. The van der Waals surface area contributed by atoms with Gasteiger partial charge in [0.05, 0.1) is 18.2 Å². The van der Waals surface area contributed by atoms with Crippen molar-refractivity contribution in [3.8, 4) is 0 Å². The Bertz CT molecular complexity index is 1120. The molecular formula is C23H32N6O2. The van der Waals surface area contributed by atoms with Crippen molar-refractivity contribution in [1.82, 2.24) is 30.1 Å². The Balaban J connectivity index is 1.64. The van der Waals surface area contributed by atoms with E-state index in [1.807, 2.05) is 16.8 Å². The fraction of sp³-hybridized carbons (Fsp3) is 0.565. The van der Waals surface area contributed by atoms with E-state index in [4.69, 9.17) is 4.74 Å². The number of nitrogens with zero attached hydrogens (tertiary/aromatic N) is 5. The van der Waals surface area contributed by atoms with Gasteiger partial charge in [0.25, 0.3) is 5.56 Å². The van der Waals surface area contributed by atoms with Gasteiger partial charge >= 0.3 is 0 Å². The number of aryl methyl sites for hydroxylation is 2. The van der Waals surface area contributed by atoms with E-state index in [9.17, 15) is 4.79 Å². The molecule has 1 saturated heterocycles. The largest absolute Gasteiger partial charge is 0.377 e. The maximum absolute atomic E-state index is 12.9. The van der Waals surface area contributed by atoms with Crippen LogP contribution < -0.4 is 5.56 Å². The Morgan fingerprint density at radius 3 is 2.68 bits per heavy atom. The van der Waals surface area contributed by atoms with Gasteiger partial charge in [-0.15, -0.1) is 5.10 Å². The van der Waals surface area contributed by atoms with E-state index in [1.54, 1.807) is 0 Å². The van der Waals surface area contributed by atoms with E-state index in [1.165, 1.54) is 11.1 Å². The van der Waals surface area contributed by atoms with E-state index >= 15 is 0 Å². The number of H-pyrrole nitrogens is 1. The lowest BCUT2D eigenvalue weighted by Gasteiger charge is -2.26. The minimum absolute atomic E-state index is 0.0523. The fourth-order valence-electron chi connectivity index (χ4n) is 4.17. The summed E-state index contributed by atoms with van der Waals surface area (Å²) in [5.74, 6) is 0.786. The predicted molar refractivity (Wildman–Crippen MR) is 120 cm³/mol. The summed E-state index contributed by atoms with van der Waals surface area (Å²) >= 11 is 0. The molecular weight excluding hydrogens is 392 g/mol. The monoisotopic (exact) mass is 424 g/mol. The molecule has 1 aromatic carbocycles. The summed E-state index contributed by atoms with van der Waals surface area (Å²) in [4.78, 5) is 18.2. The summed E-state index contributed by atoms with van der Waals surface area (Å²) in [6, 6.07) is 6.18. The molecule has 0 aliphatic carbocycles. The van der Waals surface area contributed by atoms with E-state index < -0.39 is 0 Å². The predicted octanol–water partition coefficient (Wildman–Crippen LogP) is 3.07. The van der Waals surface area contributed by atoms with Crippen LogP contribution in [0.4, 0.5) is 0 Å². The molecule has 1 aliphatic rings. The van der Waals surface area contributed by atoms with E-state index in [0.717, 1.165) is 48.3 Å². The topological polar surface area (TPSA) is 88.9 Å². The van der Waals surface area contributed by atoms with Gasteiger partial charge in [0.15, 0.2) is 5.82 Å². The van der Waals surface area contributed by atoms with Crippen molar-refractivity contribution in [2.45, 2.75) is 72.2 Å². The summed E-state index contributed by atoms with van der Waals surface area (Å²) in [7, 11) is 0. The number of hydrogen-bond donors (Lipinski definition) is 1. The quantitative estimate of drug-likeness (QED) is 0.654. The van der Waals surface area contributed by atoms with Gasteiger partial charge in [0.1, 0.15) is 0 Å². The molecule has 0 bridgehead atoms. The number of hydrogen-bond acceptors (Lipinski definition) is 6. The summed E-state index contributed by atoms with van der Waals surface area (Å²) in [6.45, 7) is 13.0. The lowest BCUT2D eigenvalue weighted by molar-refractivity contribution is 0.0657. The number of benzene rings is 1. The summed E-state index contributed by atoms with van der Waals surface area (Å²) in [6.07, 6.45) is 2.28. The Morgan fingerprint density at radius 1 is 1.19 bits per heavy atom. The molecule has 8 nitrogen and oxygen atoms in total. The highest BCUT2D eigenvalue weighted by Crippen LogP contribution is 2.21. The first-order chi connectivity index (χ1) is 14.7. The highest BCUT2D eigenvalue weighted by atomic mass is 16.5. The van der Waals surface area contributed by atoms with Crippen LogP contribution in [-0.4, -0.2) is 49.3 Å². The summed E-state index contributed by atoms with van der Waals surface area (Å²) in [5.41, 5.74) is 3.73. The molecule has 3 aromatic rings. The van der Waals surface area contributed by atoms with Crippen molar-refractivity contribution >= 4 is 10.9 Å². The molecule has 1 aliphatic heterocycles. The first kappa shape index (κ1) is 21.6. The third kappa shape index (κ3) is 4.85. The molecule has 0 unspecified atom stereocenters. The normalized spacial score (nSPS) is 17.2. The maximum Gasteiger partial charge on any atom is 0.252 e. The molecule has 0 saturated carbocycles. The highest BCUT2D eigenvalue weighted by Gasteiger charge is 2.25. The number of rotatable bonds is 6. The lowest BCUT2D eigenvalue weighted by atomic mass is 10.0. The second-order valence-corrected chi connectivity index (χ2v) is 9.63. The number of aromatic nitrogens is 5. The Labute approximate surface area is 182 Å². The number of ether oxygens (including phenoxy) is 1. The van der Waals surface area contributed by atoms with Gasteiger partial charge in [-0.3, -0.25) is 9.69 Å².